The van der Waals surface area contributed by atoms with E-state index < -0.39 is 23.5 Å². The number of carboxylic acids is 1. The number of hydrogen-bond acceptors (Lipinski definition) is 4. The van der Waals surface area contributed by atoms with Crippen molar-refractivity contribution in [1.82, 2.24) is 10.2 Å². The van der Waals surface area contributed by atoms with Crippen molar-refractivity contribution >= 4 is 18.0 Å². The highest BCUT2D eigenvalue weighted by atomic mass is 16.5. The molecular weight excluding hydrogens is 396 g/mol. The zero-order valence-electron chi connectivity index (χ0n) is 17.6. The molecule has 1 saturated carbocycles. The van der Waals surface area contributed by atoms with E-state index in [-0.39, 0.29) is 25.1 Å². The Morgan fingerprint density at radius 2 is 1.58 bits per heavy atom. The molecule has 0 bridgehead atoms. The van der Waals surface area contributed by atoms with E-state index in [2.05, 4.69) is 17.4 Å². The number of carboxylic acid groups (broad SMARTS) is 1. The molecule has 2 aromatic rings. The van der Waals surface area contributed by atoms with E-state index in [1.54, 1.807) is 13.8 Å². The quantitative estimate of drug-likeness (QED) is 0.713. The predicted molar refractivity (Wildman–Crippen MR) is 115 cm³/mol. The summed E-state index contributed by atoms with van der Waals surface area (Å²) < 4.78 is 5.53. The molecule has 0 spiro atoms. The van der Waals surface area contributed by atoms with Crippen LogP contribution in [0.3, 0.4) is 0 Å². The topological polar surface area (TPSA) is 95.9 Å². The van der Waals surface area contributed by atoms with Crippen molar-refractivity contribution in [3.05, 3.63) is 59.7 Å². The van der Waals surface area contributed by atoms with Crippen LogP contribution in [-0.4, -0.2) is 52.7 Å². The van der Waals surface area contributed by atoms with Gasteiger partial charge in [-0.25, -0.2) is 4.79 Å². The van der Waals surface area contributed by atoms with Crippen LogP contribution >= 0.6 is 0 Å². The molecule has 0 radical (unpaired) electrons. The van der Waals surface area contributed by atoms with E-state index in [1.807, 2.05) is 36.4 Å². The number of benzene rings is 2. The molecule has 2 aliphatic carbocycles. The maximum atomic E-state index is 12.9. The number of ether oxygens (including phenoxy) is 1. The Morgan fingerprint density at radius 1 is 1.03 bits per heavy atom. The van der Waals surface area contributed by atoms with E-state index in [0.717, 1.165) is 35.1 Å². The van der Waals surface area contributed by atoms with Gasteiger partial charge >= 0.3 is 12.1 Å². The Balaban J connectivity index is 1.42. The lowest BCUT2D eigenvalue weighted by Crippen LogP contribution is -2.57. The molecule has 0 heterocycles. The van der Waals surface area contributed by atoms with Crippen molar-refractivity contribution in [3.8, 4) is 11.1 Å². The SMILES string of the molecule is CC(C)(NC(=O)OCC1c2ccccc2-c2ccccc21)C(=O)N(CC(=O)O)C1CC1. The van der Waals surface area contributed by atoms with Crippen molar-refractivity contribution < 1.29 is 24.2 Å². The van der Waals surface area contributed by atoms with E-state index in [4.69, 9.17) is 9.84 Å². The molecule has 4 rings (SSSR count). The highest BCUT2D eigenvalue weighted by Crippen LogP contribution is 2.44. The fourth-order valence-corrected chi connectivity index (χ4v) is 4.20. The minimum atomic E-state index is -1.28. The van der Waals surface area contributed by atoms with Gasteiger partial charge in [0.05, 0.1) is 0 Å². The van der Waals surface area contributed by atoms with Crippen LogP contribution in [0.2, 0.25) is 0 Å². The van der Waals surface area contributed by atoms with E-state index in [1.165, 1.54) is 4.90 Å². The lowest BCUT2D eigenvalue weighted by molar-refractivity contribution is -0.147. The molecule has 2 aromatic carbocycles. The number of rotatable bonds is 7. The van der Waals surface area contributed by atoms with Gasteiger partial charge in [0.2, 0.25) is 5.91 Å². The smallest absolute Gasteiger partial charge is 0.408 e. The summed E-state index contributed by atoms with van der Waals surface area (Å²) in [6, 6.07) is 16.0. The molecule has 0 unspecified atom stereocenters. The van der Waals surface area contributed by atoms with Gasteiger partial charge in [0.25, 0.3) is 0 Å². The Hall–Kier alpha value is -3.35. The van der Waals surface area contributed by atoms with Crippen molar-refractivity contribution in [2.24, 2.45) is 0 Å². The normalized spacial score (nSPS) is 15.0. The molecule has 31 heavy (non-hydrogen) atoms. The Kier molecular flexibility index (Phi) is 5.43. The Morgan fingerprint density at radius 3 is 2.10 bits per heavy atom. The van der Waals surface area contributed by atoms with Crippen LogP contribution in [0.5, 0.6) is 0 Å². The summed E-state index contributed by atoms with van der Waals surface area (Å²) in [6.07, 6.45) is 0.853. The van der Waals surface area contributed by atoms with Gasteiger partial charge in [0.1, 0.15) is 18.7 Å². The van der Waals surface area contributed by atoms with Crippen molar-refractivity contribution in [2.75, 3.05) is 13.2 Å². The van der Waals surface area contributed by atoms with Crippen molar-refractivity contribution in [3.63, 3.8) is 0 Å². The first-order valence-corrected chi connectivity index (χ1v) is 10.4. The molecule has 7 nitrogen and oxygen atoms in total. The second-order valence-electron chi connectivity index (χ2n) is 8.63. The number of carbonyl (C=O) groups is 3. The lowest BCUT2D eigenvalue weighted by atomic mass is 9.98. The third-order valence-electron chi connectivity index (χ3n) is 5.85. The molecule has 2 N–H and O–H groups in total. The summed E-state index contributed by atoms with van der Waals surface area (Å²) in [6.45, 7) is 2.90. The molecule has 0 saturated heterocycles. The summed E-state index contributed by atoms with van der Waals surface area (Å²) in [5.41, 5.74) is 3.20. The molecule has 7 heteroatoms. The molecule has 1 fully saturated rings. The molecule has 0 aromatic heterocycles. The number of carbonyl (C=O) groups excluding carboxylic acids is 2. The van der Waals surface area contributed by atoms with Gasteiger partial charge in [-0.15, -0.1) is 0 Å². The molecule has 2 amide bonds. The fourth-order valence-electron chi connectivity index (χ4n) is 4.20. The molecule has 2 aliphatic rings. The van der Waals surface area contributed by atoms with E-state index >= 15 is 0 Å². The van der Waals surface area contributed by atoms with Gasteiger partial charge < -0.3 is 20.1 Å². The first-order valence-electron chi connectivity index (χ1n) is 10.4. The van der Waals surface area contributed by atoms with Crippen molar-refractivity contribution in [1.29, 1.82) is 0 Å². The van der Waals surface area contributed by atoms with E-state index in [9.17, 15) is 14.4 Å². The number of alkyl carbamates (subject to hydrolysis) is 1. The number of fused-ring (bicyclic) bond motifs is 3. The van der Waals surface area contributed by atoms with Gasteiger partial charge in [0.15, 0.2) is 0 Å². The summed E-state index contributed by atoms with van der Waals surface area (Å²) in [5, 5.41) is 11.7. The van der Waals surface area contributed by atoms with Gasteiger partial charge in [-0.3, -0.25) is 9.59 Å². The number of nitrogens with zero attached hydrogens (tertiary/aromatic N) is 1. The zero-order valence-corrected chi connectivity index (χ0v) is 17.6. The van der Waals surface area contributed by atoms with Crippen molar-refractivity contribution in [2.45, 2.75) is 44.2 Å². The lowest BCUT2D eigenvalue weighted by Gasteiger charge is -2.31. The number of hydrogen-bond donors (Lipinski definition) is 2. The van der Waals surface area contributed by atoms with Crippen LogP contribution < -0.4 is 5.32 Å². The summed E-state index contributed by atoms with van der Waals surface area (Å²) in [4.78, 5) is 37.9. The largest absolute Gasteiger partial charge is 0.480 e. The highest BCUT2D eigenvalue weighted by molar-refractivity contribution is 5.91. The van der Waals surface area contributed by atoms with Gasteiger partial charge in [0, 0.05) is 12.0 Å². The fraction of sp³-hybridized carbons (Fsp3) is 0.375. The Bertz CT molecular complexity index is 983. The molecular formula is C24H26N2O5. The summed E-state index contributed by atoms with van der Waals surface area (Å²) >= 11 is 0. The van der Waals surface area contributed by atoms with Crippen LogP contribution in [0.1, 0.15) is 43.7 Å². The van der Waals surface area contributed by atoms with Gasteiger partial charge in [-0.1, -0.05) is 48.5 Å². The summed E-state index contributed by atoms with van der Waals surface area (Å²) in [7, 11) is 0. The van der Waals surface area contributed by atoms with Crippen LogP contribution in [0, 0.1) is 0 Å². The Labute approximate surface area is 181 Å². The highest BCUT2D eigenvalue weighted by Gasteiger charge is 2.41. The third kappa shape index (κ3) is 4.26. The maximum absolute atomic E-state index is 12.9. The number of nitrogens with one attached hydrogen (secondary N) is 1. The first-order chi connectivity index (χ1) is 14.8. The molecule has 162 valence electrons. The zero-order chi connectivity index (χ0) is 22.2. The van der Waals surface area contributed by atoms with E-state index in [0.29, 0.717) is 0 Å². The average molecular weight is 422 g/mol. The monoisotopic (exact) mass is 422 g/mol. The van der Waals surface area contributed by atoms with Crippen LogP contribution in [-0.2, 0) is 14.3 Å². The molecule has 0 aliphatic heterocycles. The average Bonchev–Trinajstić information content (AvgIpc) is 3.52. The standard InChI is InChI=1S/C24H26N2O5/c1-24(2,22(29)26(13-21(27)28)15-11-12-15)25-23(30)31-14-20-18-9-5-3-7-16(18)17-8-4-6-10-19(17)20/h3-10,15,20H,11-14H2,1-2H3,(H,25,30)(H,27,28). The van der Waals surface area contributed by atoms with Crippen LogP contribution in [0.4, 0.5) is 4.79 Å². The van der Waals surface area contributed by atoms with Gasteiger partial charge in [-0.2, -0.15) is 0 Å². The first kappa shape index (κ1) is 20.9. The number of aliphatic carboxylic acids is 1. The van der Waals surface area contributed by atoms with Crippen LogP contribution in [0.25, 0.3) is 11.1 Å². The maximum Gasteiger partial charge on any atom is 0.408 e. The summed E-state index contributed by atoms with van der Waals surface area (Å²) in [5.74, 6) is -1.57. The van der Waals surface area contributed by atoms with Gasteiger partial charge in [-0.05, 0) is 48.9 Å². The number of amides is 2. The minimum Gasteiger partial charge on any atom is -0.480 e. The third-order valence-corrected chi connectivity index (χ3v) is 5.85. The minimum absolute atomic E-state index is 0.0767. The predicted octanol–water partition coefficient (Wildman–Crippen LogP) is 3.38. The second kappa shape index (κ2) is 8.06. The second-order valence-corrected chi connectivity index (χ2v) is 8.63. The van der Waals surface area contributed by atoms with Crippen LogP contribution in [0.15, 0.2) is 48.5 Å². The molecule has 0 atom stereocenters.